The van der Waals surface area contributed by atoms with Gasteiger partial charge >= 0.3 is 17.9 Å². The van der Waals surface area contributed by atoms with E-state index >= 15 is 0 Å². The van der Waals surface area contributed by atoms with Crippen LogP contribution in [0, 0.1) is 22.7 Å². The van der Waals surface area contributed by atoms with E-state index in [0.717, 1.165) is 5.56 Å². The lowest BCUT2D eigenvalue weighted by atomic mass is 9.42. The van der Waals surface area contributed by atoms with Crippen molar-refractivity contribution < 1.29 is 42.9 Å². The van der Waals surface area contributed by atoms with Crippen LogP contribution in [0.5, 0.6) is 0 Å². The molecule has 2 saturated heterocycles. The molecule has 0 radical (unpaired) electrons. The molecule has 2 aliphatic heterocycles. The fraction of sp³-hybridized carbons (Fsp3) is 0.708. The number of rotatable bonds is 4. The molecule has 180 valence electrons. The van der Waals surface area contributed by atoms with Crippen LogP contribution >= 0.6 is 0 Å². The first kappa shape index (κ1) is 22.4. The van der Waals surface area contributed by atoms with Gasteiger partial charge in [0.15, 0.2) is 0 Å². The molecule has 5 rings (SSSR count). The number of carbonyl (C=O) groups is 3. The number of furan rings is 1. The van der Waals surface area contributed by atoms with E-state index in [0.29, 0.717) is 25.7 Å². The third-order valence-electron chi connectivity index (χ3n) is 8.67. The van der Waals surface area contributed by atoms with Gasteiger partial charge in [0.25, 0.3) is 0 Å². The summed E-state index contributed by atoms with van der Waals surface area (Å²) >= 11 is 0. The first-order chi connectivity index (χ1) is 15.7. The highest BCUT2D eigenvalue weighted by Crippen LogP contribution is 2.71. The van der Waals surface area contributed by atoms with Gasteiger partial charge in [-0.15, -0.1) is 0 Å². The number of ether oxygens (including phenoxy) is 4. The maximum absolute atomic E-state index is 13.7. The number of esters is 3. The fourth-order valence-electron chi connectivity index (χ4n) is 7.15. The van der Waals surface area contributed by atoms with Gasteiger partial charge in [-0.3, -0.25) is 14.4 Å². The average Bonchev–Trinajstić information content (AvgIpc) is 3.21. The summed E-state index contributed by atoms with van der Waals surface area (Å²) in [4.78, 5) is 37.7. The van der Waals surface area contributed by atoms with Crippen LogP contribution in [0.15, 0.2) is 23.0 Å². The van der Waals surface area contributed by atoms with Gasteiger partial charge in [0.1, 0.15) is 24.4 Å². The van der Waals surface area contributed by atoms with E-state index in [1.54, 1.807) is 18.6 Å². The van der Waals surface area contributed by atoms with Crippen LogP contribution in [-0.2, 0) is 33.3 Å². The van der Waals surface area contributed by atoms with Crippen LogP contribution in [0.3, 0.4) is 0 Å². The zero-order chi connectivity index (χ0) is 23.6. The minimum absolute atomic E-state index is 0.111. The normalized spacial score (nSPS) is 43.8. The Morgan fingerprint density at radius 1 is 1.24 bits per heavy atom. The van der Waals surface area contributed by atoms with E-state index in [2.05, 4.69) is 0 Å². The largest absolute Gasteiger partial charge is 0.472 e. The minimum atomic E-state index is -1.07. The maximum Gasteiger partial charge on any atom is 0.313 e. The highest BCUT2D eigenvalue weighted by molar-refractivity contribution is 5.81. The number of hydrogen-bond donors (Lipinski definition) is 1. The Kier molecular flexibility index (Phi) is 5.13. The van der Waals surface area contributed by atoms with E-state index in [1.807, 2.05) is 6.92 Å². The second-order valence-corrected chi connectivity index (χ2v) is 10.1. The lowest BCUT2D eigenvalue weighted by Gasteiger charge is -2.62. The minimum Gasteiger partial charge on any atom is -0.472 e. The predicted octanol–water partition coefficient (Wildman–Crippen LogP) is 2.31. The van der Waals surface area contributed by atoms with Crippen molar-refractivity contribution in [2.45, 2.75) is 70.4 Å². The molecule has 2 saturated carbocycles. The Balaban J connectivity index is 1.64. The number of epoxide rings is 1. The van der Waals surface area contributed by atoms with Crippen molar-refractivity contribution in [1.29, 1.82) is 0 Å². The van der Waals surface area contributed by atoms with Crippen LogP contribution in [0.25, 0.3) is 0 Å². The SMILES string of the molecule is CC(=O)OC[C@@]12[C@H](CC[C@H](O)[C@]13CO3)[C@@]1(C[C@@H](c3ccoc3)OC1=O)[C@H](C)C[C@H]2OC(C)=O. The Morgan fingerprint density at radius 2 is 2.00 bits per heavy atom. The smallest absolute Gasteiger partial charge is 0.313 e. The van der Waals surface area contributed by atoms with Gasteiger partial charge in [0.05, 0.1) is 36.1 Å². The molecule has 2 aliphatic carbocycles. The molecule has 4 aliphatic rings. The van der Waals surface area contributed by atoms with Gasteiger partial charge in [0, 0.05) is 25.8 Å². The molecule has 1 N–H and O–H groups in total. The van der Waals surface area contributed by atoms with E-state index in [4.69, 9.17) is 23.4 Å². The highest BCUT2D eigenvalue weighted by Gasteiger charge is 2.80. The van der Waals surface area contributed by atoms with E-state index < -0.39 is 46.7 Å². The molecule has 8 atom stereocenters. The van der Waals surface area contributed by atoms with E-state index in [1.165, 1.54) is 13.8 Å². The molecule has 9 heteroatoms. The second kappa shape index (κ2) is 7.56. The number of carbonyl (C=O) groups excluding carboxylic acids is 3. The summed E-state index contributed by atoms with van der Waals surface area (Å²) in [7, 11) is 0. The Labute approximate surface area is 191 Å². The maximum atomic E-state index is 13.7. The summed E-state index contributed by atoms with van der Waals surface area (Å²) in [5.41, 5.74) is -2.24. The van der Waals surface area contributed by atoms with Crippen molar-refractivity contribution in [3.8, 4) is 0 Å². The van der Waals surface area contributed by atoms with Crippen molar-refractivity contribution in [2.24, 2.45) is 22.7 Å². The lowest BCUT2D eigenvalue weighted by molar-refractivity contribution is -0.244. The zero-order valence-electron chi connectivity index (χ0n) is 19.1. The van der Waals surface area contributed by atoms with Crippen LogP contribution in [0.2, 0.25) is 0 Å². The molecule has 3 heterocycles. The zero-order valence-corrected chi connectivity index (χ0v) is 19.1. The molecule has 0 aromatic carbocycles. The number of fused-ring (bicyclic) bond motifs is 3. The van der Waals surface area contributed by atoms with Crippen LogP contribution < -0.4 is 0 Å². The molecular weight excluding hydrogens is 432 g/mol. The molecule has 33 heavy (non-hydrogen) atoms. The number of aliphatic hydroxyl groups excluding tert-OH is 1. The van der Waals surface area contributed by atoms with E-state index in [-0.39, 0.29) is 31.0 Å². The molecule has 1 aromatic heterocycles. The van der Waals surface area contributed by atoms with Gasteiger partial charge in [-0.05, 0) is 37.2 Å². The van der Waals surface area contributed by atoms with Gasteiger partial charge in [-0.2, -0.15) is 0 Å². The monoisotopic (exact) mass is 462 g/mol. The van der Waals surface area contributed by atoms with Crippen molar-refractivity contribution in [3.63, 3.8) is 0 Å². The van der Waals surface area contributed by atoms with Crippen LogP contribution in [-0.4, -0.2) is 54.0 Å². The third-order valence-corrected chi connectivity index (χ3v) is 8.67. The quantitative estimate of drug-likeness (QED) is 0.408. The number of hydrogen-bond acceptors (Lipinski definition) is 9. The molecule has 0 amide bonds. The summed E-state index contributed by atoms with van der Waals surface area (Å²) in [5, 5.41) is 11.1. The summed E-state index contributed by atoms with van der Waals surface area (Å²) in [5.74, 6) is -1.82. The van der Waals surface area contributed by atoms with Gasteiger partial charge in [-0.1, -0.05) is 6.92 Å². The molecule has 9 nitrogen and oxygen atoms in total. The Morgan fingerprint density at radius 3 is 2.61 bits per heavy atom. The lowest BCUT2D eigenvalue weighted by Crippen LogP contribution is -2.71. The first-order valence-corrected chi connectivity index (χ1v) is 11.5. The molecular formula is C24H30O9. The number of aliphatic hydroxyl groups is 1. The van der Waals surface area contributed by atoms with Crippen molar-refractivity contribution in [3.05, 3.63) is 24.2 Å². The summed E-state index contributed by atoms with van der Waals surface area (Å²) < 4.78 is 28.5. The van der Waals surface area contributed by atoms with E-state index in [9.17, 15) is 19.5 Å². The summed E-state index contributed by atoms with van der Waals surface area (Å²) in [6.45, 7) is 4.76. The van der Waals surface area contributed by atoms with Gasteiger partial charge < -0.3 is 28.5 Å². The third kappa shape index (κ3) is 3.01. The standard InChI is InChI=1S/C24H30O9/c1-13-8-20(32-15(3)26)23(11-30-14(2)25)18(4-5-19(27)24(23)12-31-24)22(13)9-17(33-21(22)28)16-6-7-29-10-16/h6-7,10,13,17-20,27H,4-5,8-9,11-12H2,1-3H3/t13-,17+,18-,19+,20-,22-,23+,24-/m1/s1. The molecule has 4 fully saturated rings. The molecule has 0 bridgehead atoms. The molecule has 1 aromatic rings. The highest BCUT2D eigenvalue weighted by atomic mass is 16.6. The Hall–Kier alpha value is -2.39. The van der Waals surface area contributed by atoms with Gasteiger partial charge in [0.2, 0.25) is 0 Å². The first-order valence-electron chi connectivity index (χ1n) is 11.5. The summed E-state index contributed by atoms with van der Waals surface area (Å²) in [6, 6.07) is 1.79. The van der Waals surface area contributed by atoms with Crippen LogP contribution in [0.1, 0.15) is 58.1 Å². The Bertz CT molecular complexity index is 951. The van der Waals surface area contributed by atoms with Crippen LogP contribution in [0.4, 0.5) is 0 Å². The van der Waals surface area contributed by atoms with Crippen molar-refractivity contribution >= 4 is 17.9 Å². The topological polar surface area (TPSA) is 125 Å². The van der Waals surface area contributed by atoms with Gasteiger partial charge in [-0.25, -0.2) is 0 Å². The predicted molar refractivity (Wildman–Crippen MR) is 110 cm³/mol. The van der Waals surface area contributed by atoms with Crippen molar-refractivity contribution in [1.82, 2.24) is 0 Å². The number of cyclic esters (lactones) is 1. The van der Waals surface area contributed by atoms with Crippen molar-refractivity contribution in [2.75, 3.05) is 13.2 Å². The summed E-state index contributed by atoms with van der Waals surface area (Å²) in [6.07, 6.45) is 2.87. The average molecular weight is 462 g/mol. The fourth-order valence-corrected chi connectivity index (χ4v) is 7.15. The molecule has 2 spiro atoms. The second-order valence-electron chi connectivity index (χ2n) is 10.1. The molecule has 0 unspecified atom stereocenters.